The Hall–Kier alpha value is -2.57. The van der Waals surface area contributed by atoms with Gasteiger partial charge in [0.2, 0.25) is 0 Å². The average Bonchev–Trinajstić information content (AvgIpc) is 2.53. The number of benzene rings is 2. The van der Waals surface area contributed by atoms with Gasteiger partial charge in [0.25, 0.3) is 0 Å². The Labute approximate surface area is 143 Å². The lowest BCUT2D eigenvalue weighted by molar-refractivity contribution is -0.137. The molecule has 2 aromatic carbocycles. The standard InChI is InChI=1S/C18H18F4N2O/c1-17(2,12-3-7-14(19)8-4-12)11-23-16(25)24-15-9-5-13(6-10-15)18(20,21)22/h3-10H,11H2,1-2H3,(H2,23,24,25). The normalized spacial score (nSPS) is 11.9. The molecule has 0 saturated heterocycles. The van der Waals surface area contributed by atoms with Crippen LogP contribution in [-0.2, 0) is 11.6 Å². The van der Waals surface area contributed by atoms with Crippen molar-refractivity contribution in [3.63, 3.8) is 0 Å². The maximum atomic E-state index is 13.0. The lowest BCUT2D eigenvalue weighted by atomic mass is 9.84. The van der Waals surface area contributed by atoms with E-state index in [0.717, 1.165) is 17.7 Å². The van der Waals surface area contributed by atoms with Crippen molar-refractivity contribution in [2.75, 3.05) is 11.9 Å². The molecule has 0 fully saturated rings. The van der Waals surface area contributed by atoms with Gasteiger partial charge < -0.3 is 10.6 Å². The van der Waals surface area contributed by atoms with E-state index in [1.807, 2.05) is 13.8 Å². The van der Waals surface area contributed by atoms with Crippen LogP contribution in [0.25, 0.3) is 0 Å². The van der Waals surface area contributed by atoms with Gasteiger partial charge in [-0.15, -0.1) is 0 Å². The van der Waals surface area contributed by atoms with Gasteiger partial charge in [-0.25, -0.2) is 9.18 Å². The Morgan fingerprint density at radius 3 is 1.96 bits per heavy atom. The molecule has 3 nitrogen and oxygen atoms in total. The molecule has 0 aromatic heterocycles. The number of hydrogen-bond acceptors (Lipinski definition) is 1. The second kappa shape index (κ2) is 7.13. The number of urea groups is 1. The fourth-order valence-corrected chi connectivity index (χ4v) is 2.22. The van der Waals surface area contributed by atoms with Crippen LogP contribution in [-0.4, -0.2) is 12.6 Å². The summed E-state index contributed by atoms with van der Waals surface area (Å²) in [6, 6.07) is 9.63. The van der Waals surface area contributed by atoms with Crippen molar-refractivity contribution in [3.05, 3.63) is 65.5 Å². The Bertz CT molecular complexity index is 722. The van der Waals surface area contributed by atoms with Crippen molar-refractivity contribution in [2.24, 2.45) is 0 Å². The first-order valence-electron chi connectivity index (χ1n) is 7.56. The van der Waals surface area contributed by atoms with Crippen molar-refractivity contribution in [1.82, 2.24) is 5.32 Å². The number of alkyl halides is 3. The summed E-state index contributed by atoms with van der Waals surface area (Å²) in [5.41, 5.74) is -0.115. The van der Waals surface area contributed by atoms with Gasteiger partial charge in [-0.05, 0) is 42.0 Å². The molecule has 2 rings (SSSR count). The first kappa shape index (κ1) is 18.8. The molecule has 2 aromatic rings. The highest BCUT2D eigenvalue weighted by molar-refractivity contribution is 5.89. The van der Waals surface area contributed by atoms with Crippen LogP contribution >= 0.6 is 0 Å². The molecular weight excluding hydrogens is 336 g/mol. The van der Waals surface area contributed by atoms with E-state index in [4.69, 9.17) is 0 Å². The number of amides is 2. The van der Waals surface area contributed by atoms with E-state index >= 15 is 0 Å². The average molecular weight is 354 g/mol. The van der Waals surface area contributed by atoms with Crippen LogP contribution in [0.1, 0.15) is 25.0 Å². The lowest BCUT2D eigenvalue weighted by Gasteiger charge is -2.25. The van der Waals surface area contributed by atoms with E-state index < -0.39 is 23.2 Å². The van der Waals surface area contributed by atoms with E-state index in [1.54, 1.807) is 12.1 Å². The van der Waals surface area contributed by atoms with Crippen LogP contribution in [0.15, 0.2) is 48.5 Å². The van der Waals surface area contributed by atoms with Crippen LogP contribution < -0.4 is 10.6 Å². The van der Waals surface area contributed by atoms with Crippen LogP contribution in [0.2, 0.25) is 0 Å². The highest BCUT2D eigenvalue weighted by Crippen LogP contribution is 2.29. The molecule has 0 bridgehead atoms. The molecule has 25 heavy (non-hydrogen) atoms. The third kappa shape index (κ3) is 5.20. The largest absolute Gasteiger partial charge is 0.416 e. The summed E-state index contributed by atoms with van der Waals surface area (Å²) in [6.07, 6.45) is -4.42. The smallest absolute Gasteiger partial charge is 0.337 e. The van der Waals surface area contributed by atoms with E-state index in [9.17, 15) is 22.4 Å². The topological polar surface area (TPSA) is 41.1 Å². The fourth-order valence-electron chi connectivity index (χ4n) is 2.22. The van der Waals surface area contributed by atoms with E-state index in [1.165, 1.54) is 24.3 Å². The Morgan fingerprint density at radius 1 is 0.920 bits per heavy atom. The third-order valence-electron chi connectivity index (χ3n) is 3.79. The molecule has 2 amide bonds. The zero-order valence-corrected chi connectivity index (χ0v) is 13.7. The quantitative estimate of drug-likeness (QED) is 0.750. The van der Waals surface area contributed by atoms with Crippen molar-refractivity contribution in [2.45, 2.75) is 25.4 Å². The third-order valence-corrected chi connectivity index (χ3v) is 3.79. The Morgan fingerprint density at radius 2 is 1.44 bits per heavy atom. The molecule has 7 heteroatoms. The van der Waals surface area contributed by atoms with Crippen molar-refractivity contribution in [3.8, 4) is 0 Å². The number of anilines is 1. The van der Waals surface area contributed by atoms with Gasteiger partial charge in [-0.1, -0.05) is 26.0 Å². The zero-order valence-electron chi connectivity index (χ0n) is 13.7. The van der Waals surface area contributed by atoms with Crippen molar-refractivity contribution < 1.29 is 22.4 Å². The molecule has 0 radical (unpaired) electrons. The monoisotopic (exact) mass is 354 g/mol. The Balaban J connectivity index is 1.93. The second-order valence-corrected chi connectivity index (χ2v) is 6.27. The zero-order chi connectivity index (χ0) is 18.7. The van der Waals surface area contributed by atoms with Gasteiger partial charge in [0.05, 0.1) is 5.56 Å². The van der Waals surface area contributed by atoms with Crippen LogP contribution in [0.4, 0.5) is 28.0 Å². The van der Waals surface area contributed by atoms with E-state index in [2.05, 4.69) is 10.6 Å². The maximum Gasteiger partial charge on any atom is 0.416 e. The predicted molar refractivity (Wildman–Crippen MR) is 87.9 cm³/mol. The molecule has 0 saturated carbocycles. The maximum absolute atomic E-state index is 13.0. The first-order valence-corrected chi connectivity index (χ1v) is 7.56. The molecular formula is C18H18F4N2O. The van der Waals surface area contributed by atoms with Crippen LogP contribution in [0.5, 0.6) is 0 Å². The van der Waals surface area contributed by atoms with Crippen molar-refractivity contribution in [1.29, 1.82) is 0 Å². The number of carbonyl (C=O) groups excluding carboxylic acids is 1. The highest BCUT2D eigenvalue weighted by atomic mass is 19.4. The molecule has 2 N–H and O–H groups in total. The molecule has 0 heterocycles. The molecule has 0 aliphatic rings. The minimum absolute atomic E-state index is 0.255. The summed E-state index contributed by atoms with van der Waals surface area (Å²) in [4.78, 5) is 11.9. The molecule has 0 atom stereocenters. The van der Waals surface area contributed by atoms with Crippen molar-refractivity contribution >= 4 is 11.7 Å². The molecule has 0 aliphatic heterocycles. The van der Waals surface area contributed by atoms with Gasteiger partial charge >= 0.3 is 12.2 Å². The fraction of sp³-hybridized carbons (Fsp3) is 0.278. The molecule has 134 valence electrons. The van der Waals surface area contributed by atoms with Gasteiger partial charge in [0.15, 0.2) is 0 Å². The number of rotatable bonds is 4. The summed E-state index contributed by atoms with van der Waals surface area (Å²) < 4.78 is 50.5. The van der Waals surface area contributed by atoms with Crippen LogP contribution in [0.3, 0.4) is 0 Å². The van der Waals surface area contributed by atoms with E-state index in [-0.39, 0.29) is 18.0 Å². The summed E-state index contributed by atoms with van der Waals surface area (Å²) in [5, 5.41) is 5.14. The second-order valence-electron chi connectivity index (χ2n) is 6.27. The Kier molecular flexibility index (Phi) is 5.35. The lowest BCUT2D eigenvalue weighted by Crippen LogP contribution is -2.39. The molecule has 0 unspecified atom stereocenters. The SMILES string of the molecule is CC(C)(CNC(=O)Nc1ccc(C(F)(F)F)cc1)c1ccc(F)cc1. The number of halogens is 4. The highest BCUT2D eigenvalue weighted by Gasteiger charge is 2.30. The molecule has 0 spiro atoms. The van der Waals surface area contributed by atoms with Gasteiger partial charge in [-0.3, -0.25) is 0 Å². The number of carbonyl (C=O) groups is 1. The summed E-state index contributed by atoms with van der Waals surface area (Å²) >= 11 is 0. The summed E-state index contributed by atoms with van der Waals surface area (Å²) in [5.74, 6) is -0.340. The van der Waals surface area contributed by atoms with Gasteiger partial charge in [0, 0.05) is 17.6 Å². The number of nitrogens with one attached hydrogen (secondary N) is 2. The number of hydrogen-bond donors (Lipinski definition) is 2. The minimum atomic E-state index is -4.42. The van der Waals surface area contributed by atoms with Crippen LogP contribution in [0, 0.1) is 5.82 Å². The summed E-state index contributed by atoms with van der Waals surface area (Å²) in [6.45, 7) is 4.04. The first-order chi connectivity index (χ1) is 11.6. The molecule has 0 aliphatic carbocycles. The van der Waals surface area contributed by atoms with E-state index in [0.29, 0.717) is 0 Å². The van der Waals surface area contributed by atoms with Gasteiger partial charge in [-0.2, -0.15) is 13.2 Å². The summed E-state index contributed by atoms with van der Waals surface area (Å²) in [7, 11) is 0. The predicted octanol–water partition coefficient (Wildman–Crippen LogP) is 4.94. The van der Waals surface area contributed by atoms with Gasteiger partial charge in [0.1, 0.15) is 5.82 Å². The minimum Gasteiger partial charge on any atom is -0.337 e.